The van der Waals surface area contributed by atoms with Crippen molar-refractivity contribution in [3.05, 3.63) is 35.3 Å². The maximum atomic E-state index is 9.26. The van der Waals surface area contributed by atoms with Crippen molar-refractivity contribution in [3.63, 3.8) is 0 Å². The SMILES string of the molecule is CC(C)(C)NCc1csc(-c2ccc(O)cc2)n1. The van der Waals surface area contributed by atoms with Gasteiger partial charge in [-0.3, -0.25) is 0 Å². The first-order chi connectivity index (χ1) is 8.44. The molecule has 0 radical (unpaired) electrons. The number of rotatable bonds is 3. The van der Waals surface area contributed by atoms with Crippen LogP contribution in [0.2, 0.25) is 0 Å². The standard InChI is InChI=1S/C14H18N2OS/c1-14(2,3)15-8-11-9-18-13(16-11)10-4-6-12(17)7-5-10/h4-7,9,15,17H,8H2,1-3H3. The van der Waals surface area contributed by atoms with E-state index in [1.54, 1.807) is 23.5 Å². The van der Waals surface area contributed by atoms with Crippen molar-refractivity contribution in [2.45, 2.75) is 32.9 Å². The summed E-state index contributed by atoms with van der Waals surface area (Å²) in [5.41, 5.74) is 2.19. The van der Waals surface area contributed by atoms with Crippen LogP contribution < -0.4 is 5.32 Å². The van der Waals surface area contributed by atoms with E-state index in [0.717, 1.165) is 22.8 Å². The van der Waals surface area contributed by atoms with E-state index in [2.05, 4.69) is 36.5 Å². The number of phenols is 1. The molecule has 18 heavy (non-hydrogen) atoms. The molecule has 0 fully saturated rings. The molecule has 0 saturated heterocycles. The third-order valence-corrected chi connectivity index (χ3v) is 3.41. The summed E-state index contributed by atoms with van der Waals surface area (Å²) < 4.78 is 0. The van der Waals surface area contributed by atoms with Crippen LogP contribution in [-0.4, -0.2) is 15.6 Å². The molecule has 0 spiro atoms. The topological polar surface area (TPSA) is 45.1 Å². The van der Waals surface area contributed by atoms with Crippen molar-refractivity contribution in [2.24, 2.45) is 0 Å². The zero-order valence-corrected chi connectivity index (χ0v) is 11.7. The Morgan fingerprint density at radius 2 is 1.89 bits per heavy atom. The van der Waals surface area contributed by atoms with E-state index in [0.29, 0.717) is 0 Å². The fraction of sp³-hybridized carbons (Fsp3) is 0.357. The third-order valence-electron chi connectivity index (χ3n) is 2.47. The van der Waals surface area contributed by atoms with Gasteiger partial charge in [0.15, 0.2) is 0 Å². The van der Waals surface area contributed by atoms with Gasteiger partial charge in [0.2, 0.25) is 0 Å². The number of hydrogen-bond donors (Lipinski definition) is 2. The van der Waals surface area contributed by atoms with Gasteiger partial charge in [-0.1, -0.05) is 0 Å². The van der Waals surface area contributed by atoms with Crippen LogP contribution in [0.4, 0.5) is 0 Å². The summed E-state index contributed by atoms with van der Waals surface area (Å²) in [6, 6.07) is 7.14. The summed E-state index contributed by atoms with van der Waals surface area (Å²) in [6.45, 7) is 7.19. The summed E-state index contributed by atoms with van der Waals surface area (Å²) in [6.07, 6.45) is 0. The van der Waals surface area contributed by atoms with Crippen LogP contribution in [0.3, 0.4) is 0 Å². The molecule has 0 saturated carbocycles. The van der Waals surface area contributed by atoms with Gasteiger partial charge in [-0.15, -0.1) is 11.3 Å². The zero-order chi connectivity index (χ0) is 13.2. The number of benzene rings is 1. The zero-order valence-electron chi connectivity index (χ0n) is 10.9. The molecule has 0 atom stereocenters. The van der Waals surface area contributed by atoms with Crippen molar-refractivity contribution < 1.29 is 5.11 Å². The predicted molar refractivity (Wildman–Crippen MR) is 75.8 cm³/mol. The van der Waals surface area contributed by atoms with Gasteiger partial charge in [-0.25, -0.2) is 4.98 Å². The predicted octanol–water partition coefficient (Wildman–Crippen LogP) is 3.40. The van der Waals surface area contributed by atoms with Crippen molar-refractivity contribution >= 4 is 11.3 Å². The molecule has 0 unspecified atom stereocenters. The summed E-state index contributed by atoms with van der Waals surface area (Å²) in [7, 11) is 0. The summed E-state index contributed by atoms with van der Waals surface area (Å²) >= 11 is 1.63. The van der Waals surface area contributed by atoms with Gasteiger partial charge >= 0.3 is 0 Å². The second kappa shape index (κ2) is 5.08. The lowest BCUT2D eigenvalue weighted by Crippen LogP contribution is -2.35. The lowest BCUT2D eigenvalue weighted by atomic mass is 10.1. The molecule has 0 amide bonds. The molecular weight excluding hydrogens is 244 g/mol. The average molecular weight is 262 g/mol. The Balaban J connectivity index is 2.08. The molecule has 4 heteroatoms. The van der Waals surface area contributed by atoms with Gasteiger partial charge in [-0.2, -0.15) is 0 Å². The minimum atomic E-state index is 0.0995. The molecule has 0 aliphatic carbocycles. The van der Waals surface area contributed by atoms with E-state index in [1.165, 1.54) is 0 Å². The highest BCUT2D eigenvalue weighted by molar-refractivity contribution is 7.13. The molecule has 2 rings (SSSR count). The number of phenolic OH excluding ortho intramolecular Hbond substituents is 1. The smallest absolute Gasteiger partial charge is 0.123 e. The summed E-state index contributed by atoms with van der Waals surface area (Å²) in [5.74, 6) is 0.282. The lowest BCUT2D eigenvalue weighted by molar-refractivity contribution is 0.422. The quantitative estimate of drug-likeness (QED) is 0.891. The Bertz CT molecular complexity index is 511. The third kappa shape index (κ3) is 3.55. The molecular formula is C14H18N2OS. The van der Waals surface area contributed by atoms with Gasteiger partial charge < -0.3 is 10.4 Å². The fourth-order valence-corrected chi connectivity index (χ4v) is 2.31. The molecule has 0 bridgehead atoms. The largest absolute Gasteiger partial charge is 0.508 e. The molecule has 1 aromatic heterocycles. The second-order valence-corrected chi connectivity index (χ2v) is 6.15. The van der Waals surface area contributed by atoms with Gasteiger partial charge in [0, 0.05) is 23.0 Å². The number of aromatic nitrogens is 1. The first-order valence-electron chi connectivity index (χ1n) is 5.93. The highest BCUT2D eigenvalue weighted by Crippen LogP contribution is 2.25. The Kier molecular flexibility index (Phi) is 3.68. The Morgan fingerprint density at radius 1 is 1.22 bits per heavy atom. The van der Waals surface area contributed by atoms with E-state index >= 15 is 0 Å². The highest BCUT2D eigenvalue weighted by atomic mass is 32.1. The van der Waals surface area contributed by atoms with Crippen LogP contribution in [0.5, 0.6) is 5.75 Å². The van der Waals surface area contributed by atoms with Crippen molar-refractivity contribution in [3.8, 4) is 16.3 Å². The van der Waals surface area contributed by atoms with E-state index in [1.807, 2.05) is 12.1 Å². The molecule has 1 heterocycles. The molecule has 3 nitrogen and oxygen atoms in total. The average Bonchev–Trinajstić information content (AvgIpc) is 2.75. The second-order valence-electron chi connectivity index (χ2n) is 5.29. The minimum absolute atomic E-state index is 0.0995. The Morgan fingerprint density at radius 3 is 2.50 bits per heavy atom. The highest BCUT2D eigenvalue weighted by Gasteiger charge is 2.10. The van der Waals surface area contributed by atoms with Gasteiger partial charge in [0.1, 0.15) is 10.8 Å². The monoisotopic (exact) mass is 262 g/mol. The Hall–Kier alpha value is -1.39. The van der Waals surface area contributed by atoms with Crippen LogP contribution in [0.15, 0.2) is 29.6 Å². The molecule has 2 N–H and O–H groups in total. The van der Waals surface area contributed by atoms with Crippen LogP contribution in [0.25, 0.3) is 10.6 Å². The number of thiazole rings is 1. The van der Waals surface area contributed by atoms with Crippen molar-refractivity contribution in [1.82, 2.24) is 10.3 Å². The van der Waals surface area contributed by atoms with Crippen LogP contribution in [0.1, 0.15) is 26.5 Å². The van der Waals surface area contributed by atoms with E-state index in [4.69, 9.17) is 0 Å². The fourth-order valence-electron chi connectivity index (χ4n) is 1.48. The molecule has 2 aromatic rings. The maximum Gasteiger partial charge on any atom is 0.123 e. The van der Waals surface area contributed by atoms with Crippen LogP contribution >= 0.6 is 11.3 Å². The lowest BCUT2D eigenvalue weighted by Gasteiger charge is -2.19. The molecule has 0 aliphatic heterocycles. The normalized spacial score (nSPS) is 11.7. The molecule has 0 aliphatic rings. The van der Waals surface area contributed by atoms with E-state index in [9.17, 15) is 5.11 Å². The molecule has 1 aromatic carbocycles. The number of hydrogen-bond acceptors (Lipinski definition) is 4. The minimum Gasteiger partial charge on any atom is -0.508 e. The first kappa shape index (κ1) is 13.1. The van der Waals surface area contributed by atoms with Crippen molar-refractivity contribution in [1.29, 1.82) is 0 Å². The van der Waals surface area contributed by atoms with Crippen LogP contribution in [0, 0.1) is 0 Å². The number of nitrogens with zero attached hydrogens (tertiary/aromatic N) is 1. The summed E-state index contributed by atoms with van der Waals surface area (Å²) in [5, 5.41) is 15.7. The van der Waals surface area contributed by atoms with Crippen LogP contribution in [-0.2, 0) is 6.54 Å². The van der Waals surface area contributed by atoms with Gasteiger partial charge in [-0.05, 0) is 45.0 Å². The molecule has 96 valence electrons. The maximum absolute atomic E-state index is 9.26. The van der Waals surface area contributed by atoms with Gasteiger partial charge in [0.05, 0.1) is 5.69 Å². The summed E-state index contributed by atoms with van der Waals surface area (Å²) in [4.78, 5) is 4.59. The van der Waals surface area contributed by atoms with E-state index in [-0.39, 0.29) is 11.3 Å². The van der Waals surface area contributed by atoms with Crippen molar-refractivity contribution in [2.75, 3.05) is 0 Å². The number of aromatic hydroxyl groups is 1. The number of nitrogens with one attached hydrogen (secondary N) is 1. The Labute approximate surface area is 112 Å². The van der Waals surface area contributed by atoms with Gasteiger partial charge in [0.25, 0.3) is 0 Å². The first-order valence-corrected chi connectivity index (χ1v) is 6.81. The van der Waals surface area contributed by atoms with E-state index < -0.39 is 0 Å².